The lowest BCUT2D eigenvalue weighted by Gasteiger charge is -2.25. The molecule has 0 unspecified atom stereocenters. The van der Waals surface area contributed by atoms with Crippen molar-refractivity contribution in [3.05, 3.63) is 57.5 Å². The van der Waals surface area contributed by atoms with E-state index in [4.69, 9.17) is 9.47 Å². The van der Waals surface area contributed by atoms with Crippen molar-refractivity contribution in [3.8, 4) is 11.5 Å². The summed E-state index contributed by atoms with van der Waals surface area (Å²) in [7, 11) is 0. The molecule has 2 aromatic rings. The number of aromatic amines is 1. The molecule has 2 heterocycles. The van der Waals surface area contributed by atoms with Gasteiger partial charge in [0.1, 0.15) is 18.8 Å². The van der Waals surface area contributed by atoms with Gasteiger partial charge in [-0.15, -0.1) is 0 Å². The molecule has 1 amide bonds. The fourth-order valence-corrected chi connectivity index (χ4v) is 2.86. The second kappa shape index (κ2) is 7.01. The maximum absolute atomic E-state index is 12.6. The van der Waals surface area contributed by atoms with E-state index in [2.05, 4.69) is 10.3 Å². The van der Waals surface area contributed by atoms with Crippen LogP contribution in [0.2, 0.25) is 0 Å². The van der Waals surface area contributed by atoms with Crippen molar-refractivity contribution in [2.45, 2.75) is 26.8 Å². The summed E-state index contributed by atoms with van der Waals surface area (Å²) in [5.74, 6) is 1.13. The minimum absolute atomic E-state index is 0.105. The molecule has 1 atom stereocenters. The minimum Gasteiger partial charge on any atom is -0.486 e. The lowest BCUT2D eigenvalue weighted by Crippen LogP contribution is -2.35. The van der Waals surface area contributed by atoms with E-state index >= 15 is 0 Å². The Morgan fingerprint density at radius 2 is 1.84 bits per heavy atom. The largest absolute Gasteiger partial charge is 0.486 e. The van der Waals surface area contributed by atoms with Gasteiger partial charge in [-0.05, 0) is 42.7 Å². The van der Waals surface area contributed by atoms with Gasteiger partial charge in [0.25, 0.3) is 11.5 Å². The molecule has 0 bridgehead atoms. The van der Waals surface area contributed by atoms with Crippen molar-refractivity contribution in [3.63, 3.8) is 0 Å². The number of aromatic nitrogens is 1. The third kappa shape index (κ3) is 3.68. The number of amides is 1. The topological polar surface area (TPSA) is 80.4 Å². The quantitative estimate of drug-likeness (QED) is 0.895. The molecule has 0 saturated heterocycles. The van der Waals surface area contributed by atoms with E-state index in [1.54, 1.807) is 19.1 Å². The van der Waals surface area contributed by atoms with Gasteiger partial charge in [-0.25, -0.2) is 0 Å². The highest BCUT2D eigenvalue weighted by atomic mass is 16.6. The van der Waals surface area contributed by atoms with E-state index < -0.39 is 5.91 Å². The van der Waals surface area contributed by atoms with Crippen LogP contribution in [0.4, 0.5) is 0 Å². The summed E-state index contributed by atoms with van der Waals surface area (Å²) in [5, 5.41) is 2.96. The van der Waals surface area contributed by atoms with Crippen molar-refractivity contribution >= 4 is 5.91 Å². The van der Waals surface area contributed by atoms with E-state index in [0.29, 0.717) is 30.4 Å². The van der Waals surface area contributed by atoms with Crippen molar-refractivity contribution in [1.82, 2.24) is 10.3 Å². The molecule has 1 aromatic heterocycles. The first kappa shape index (κ1) is 17.1. The SMILES string of the molecule is Cc1ccc(C(=O)N[C@@H](c2ccc3c(c2)OCCO3)C(C)C)c(=O)[nH]1. The molecule has 1 aromatic carbocycles. The van der Waals surface area contributed by atoms with Crippen LogP contribution < -0.4 is 20.3 Å². The van der Waals surface area contributed by atoms with Crippen LogP contribution in [0.15, 0.2) is 35.1 Å². The summed E-state index contributed by atoms with van der Waals surface area (Å²) in [4.78, 5) is 27.2. The molecule has 0 fully saturated rings. The number of carbonyl (C=O) groups excluding carboxylic acids is 1. The number of hydrogen-bond acceptors (Lipinski definition) is 4. The van der Waals surface area contributed by atoms with Crippen LogP contribution >= 0.6 is 0 Å². The molecule has 3 rings (SSSR count). The zero-order valence-electron chi connectivity index (χ0n) is 14.6. The zero-order valence-corrected chi connectivity index (χ0v) is 14.6. The standard InChI is InChI=1S/C19H22N2O4/c1-11(2)17(13-5-7-15-16(10-13)25-9-8-24-15)21-19(23)14-6-4-12(3)20-18(14)22/h4-7,10-11,17H,8-9H2,1-3H3,(H,20,22)(H,21,23)/t17-/m1/s1. The van der Waals surface area contributed by atoms with E-state index in [-0.39, 0.29) is 23.1 Å². The van der Waals surface area contributed by atoms with Crippen molar-refractivity contribution in [1.29, 1.82) is 0 Å². The summed E-state index contributed by atoms with van der Waals surface area (Å²) < 4.78 is 11.2. The number of ether oxygens (including phenoxy) is 2. The predicted octanol–water partition coefficient (Wildman–Crippen LogP) is 2.58. The summed E-state index contributed by atoms with van der Waals surface area (Å²) in [6.45, 7) is 6.85. The van der Waals surface area contributed by atoms with Crippen molar-refractivity contribution in [2.24, 2.45) is 5.92 Å². The molecule has 0 aliphatic carbocycles. The van der Waals surface area contributed by atoms with Crippen LogP contribution in [0, 0.1) is 12.8 Å². The van der Waals surface area contributed by atoms with Crippen LogP contribution in [0.5, 0.6) is 11.5 Å². The number of H-pyrrole nitrogens is 1. The molecular formula is C19H22N2O4. The summed E-state index contributed by atoms with van der Waals surface area (Å²) in [5.41, 5.74) is 1.35. The van der Waals surface area contributed by atoms with Gasteiger partial charge in [0.15, 0.2) is 11.5 Å². The van der Waals surface area contributed by atoms with Crippen LogP contribution in [0.1, 0.15) is 41.5 Å². The Hall–Kier alpha value is -2.76. The molecule has 25 heavy (non-hydrogen) atoms. The molecule has 2 N–H and O–H groups in total. The van der Waals surface area contributed by atoms with Crippen molar-refractivity contribution < 1.29 is 14.3 Å². The van der Waals surface area contributed by atoms with Crippen LogP contribution in [0.3, 0.4) is 0 Å². The number of rotatable bonds is 4. The third-order valence-electron chi connectivity index (χ3n) is 4.18. The Kier molecular flexibility index (Phi) is 4.79. The van der Waals surface area contributed by atoms with E-state index in [1.165, 1.54) is 0 Å². The number of nitrogens with one attached hydrogen (secondary N) is 2. The zero-order chi connectivity index (χ0) is 18.0. The number of aryl methyl sites for hydroxylation is 1. The average molecular weight is 342 g/mol. The number of pyridine rings is 1. The Morgan fingerprint density at radius 3 is 2.52 bits per heavy atom. The molecule has 0 spiro atoms. The Labute approximate surface area is 146 Å². The summed E-state index contributed by atoms with van der Waals surface area (Å²) in [6.07, 6.45) is 0. The van der Waals surface area contributed by atoms with Crippen LogP contribution in [-0.2, 0) is 0 Å². The molecule has 6 heteroatoms. The monoisotopic (exact) mass is 342 g/mol. The lowest BCUT2D eigenvalue weighted by molar-refractivity contribution is 0.0923. The van der Waals surface area contributed by atoms with E-state index in [9.17, 15) is 9.59 Å². The molecule has 0 radical (unpaired) electrons. The predicted molar refractivity (Wildman–Crippen MR) is 94.3 cm³/mol. The van der Waals surface area contributed by atoms with Crippen molar-refractivity contribution in [2.75, 3.05) is 13.2 Å². The number of fused-ring (bicyclic) bond motifs is 1. The van der Waals surface area contributed by atoms with Gasteiger partial charge in [0.2, 0.25) is 0 Å². The minimum atomic E-state index is -0.394. The molecule has 6 nitrogen and oxygen atoms in total. The van der Waals surface area contributed by atoms with Gasteiger partial charge < -0.3 is 19.8 Å². The normalized spacial score (nSPS) is 14.2. The highest BCUT2D eigenvalue weighted by molar-refractivity contribution is 5.94. The second-order valence-corrected chi connectivity index (χ2v) is 6.48. The first-order valence-electron chi connectivity index (χ1n) is 8.36. The summed E-state index contributed by atoms with van der Waals surface area (Å²) in [6, 6.07) is 8.67. The number of hydrogen-bond donors (Lipinski definition) is 2. The van der Waals surface area contributed by atoms with E-state index in [1.807, 2.05) is 32.0 Å². The van der Waals surface area contributed by atoms with Crippen LogP contribution in [0.25, 0.3) is 0 Å². The fraction of sp³-hybridized carbons (Fsp3) is 0.368. The van der Waals surface area contributed by atoms with E-state index in [0.717, 1.165) is 5.56 Å². The molecule has 1 aliphatic heterocycles. The van der Waals surface area contributed by atoms with Gasteiger partial charge in [-0.3, -0.25) is 9.59 Å². The van der Waals surface area contributed by atoms with Gasteiger partial charge in [0, 0.05) is 5.69 Å². The van der Waals surface area contributed by atoms with Crippen LogP contribution in [-0.4, -0.2) is 24.1 Å². The average Bonchev–Trinajstić information content (AvgIpc) is 2.58. The second-order valence-electron chi connectivity index (χ2n) is 6.48. The first-order valence-corrected chi connectivity index (χ1v) is 8.36. The Bertz CT molecular complexity index is 842. The molecular weight excluding hydrogens is 320 g/mol. The first-order chi connectivity index (χ1) is 12.0. The van der Waals surface area contributed by atoms with Gasteiger partial charge in [-0.1, -0.05) is 19.9 Å². The maximum Gasteiger partial charge on any atom is 0.260 e. The molecule has 132 valence electrons. The third-order valence-corrected chi connectivity index (χ3v) is 4.18. The molecule has 1 aliphatic rings. The fourth-order valence-electron chi connectivity index (χ4n) is 2.86. The van der Waals surface area contributed by atoms with Gasteiger partial charge in [-0.2, -0.15) is 0 Å². The Morgan fingerprint density at radius 1 is 1.12 bits per heavy atom. The molecule has 0 saturated carbocycles. The number of carbonyl (C=O) groups is 1. The van der Waals surface area contributed by atoms with Gasteiger partial charge in [0.05, 0.1) is 6.04 Å². The number of benzene rings is 1. The van der Waals surface area contributed by atoms with Gasteiger partial charge >= 0.3 is 0 Å². The maximum atomic E-state index is 12.6. The highest BCUT2D eigenvalue weighted by Crippen LogP contribution is 2.34. The lowest BCUT2D eigenvalue weighted by atomic mass is 9.95. The summed E-state index contributed by atoms with van der Waals surface area (Å²) >= 11 is 0. The smallest absolute Gasteiger partial charge is 0.260 e. The highest BCUT2D eigenvalue weighted by Gasteiger charge is 2.23. The Balaban J connectivity index is 1.86.